The summed E-state index contributed by atoms with van der Waals surface area (Å²) in [7, 11) is 0. The van der Waals surface area contributed by atoms with E-state index in [1.54, 1.807) is 0 Å². The topological polar surface area (TPSA) is 39.7 Å². The standard InChI is InChI=1S/C17H25NO3/c1-3-4-15-10-14(7-8-19-15)18-12(2)13-5-6-16-17(9-13)21-11-20-16/h5-6,9,12,14-15,18H,3-4,7-8,10-11H2,1-2H3. The fourth-order valence-electron chi connectivity index (χ4n) is 3.19. The Morgan fingerprint density at radius 1 is 1.29 bits per heavy atom. The van der Waals surface area contributed by atoms with Crippen molar-refractivity contribution >= 4 is 0 Å². The Hall–Kier alpha value is -1.26. The molecule has 0 bridgehead atoms. The van der Waals surface area contributed by atoms with E-state index in [1.807, 2.05) is 6.07 Å². The zero-order valence-electron chi connectivity index (χ0n) is 12.9. The molecule has 1 fully saturated rings. The van der Waals surface area contributed by atoms with E-state index in [1.165, 1.54) is 12.0 Å². The van der Waals surface area contributed by atoms with Crippen LogP contribution in [0.1, 0.15) is 51.1 Å². The molecule has 0 aliphatic carbocycles. The minimum Gasteiger partial charge on any atom is -0.454 e. The zero-order chi connectivity index (χ0) is 14.7. The van der Waals surface area contributed by atoms with Gasteiger partial charge in [-0.05, 0) is 43.9 Å². The van der Waals surface area contributed by atoms with Crippen LogP contribution in [-0.4, -0.2) is 25.5 Å². The molecule has 1 saturated heterocycles. The lowest BCUT2D eigenvalue weighted by molar-refractivity contribution is -0.00473. The number of nitrogens with one attached hydrogen (secondary N) is 1. The first-order valence-corrected chi connectivity index (χ1v) is 8.03. The molecule has 1 aromatic carbocycles. The number of rotatable bonds is 5. The minimum atomic E-state index is 0.310. The molecule has 1 aromatic rings. The predicted molar refractivity (Wildman–Crippen MR) is 81.8 cm³/mol. The van der Waals surface area contributed by atoms with Crippen LogP contribution in [0.3, 0.4) is 0 Å². The van der Waals surface area contributed by atoms with Gasteiger partial charge in [0.25, 0.3) is 0 Å². The van der Waals surface area contributed by atoms with Gasteiger partial charge in [-0.15, -0.1) is 0 Å². The summed E-state index contributed by atoms with van der Waals surface area (Å²) >= 11 is 0. The van der Waals surface area contributed by atoms with Gasteiger partial charge in [-0.1, -0.05) is 19.4 Å². The minimum absolute atomic E-state index is 0.310. The summed E-state index contributed by atoms with van der Waals surface area (Å²) in [6.45, 7) is 5.63. The molecular weight excluding hydrogens is 266 g/mol. The second-order valence-corrected chi connectivity index (χ2v) is 6.00. The van der Waals surface area contributed by atoms with E-state index in [4.69, 9.17) is 14.2 Å². The van der Waals surface area contributed by atoms with Crippen molar-refractivity contribution in [3.63, 3.8) is 0 Å². The quantitative estimate of drug-likeness (QED) is 0.902. The fraction of sp³-hybridized carbons (Fsp3) is 0.647. The Balaban J connectivity index is 1.59. The molecule has 4 heteroatoms. The molecule has 3 atom stereocenters. The smallest absolute Gasteiger partial charge is 0.231 e. The van der Waals surface area contributed by atoms with Crippen LogP contribution in [0.25, 0.3) is 0 Å². The third kappa shape index (κ3) is 3.50. The van der Waals surface area contributed by atoms with E-state index >= 15 is 0 Å². The largest absolute Gasteiger partial charge is 0.454 e. The van der Waals surface area contributed by atoms with Crippen molar-refractivity contribution in [3.05, 3.63) is 23.8 Å². The Morgan fingerprint density at radius 3 is 3.00 bits per heavy atom. The SMILES string of the molecule is CCCC1CC(NC(C)c2ccc3c(c2)OCO3)CCO1. The number of benzene rings is 1. The van der Waals surface area contributed by atoms with Crippen LogP contribution in [0.2, 0.25) is 0 Å². The van der Waals surface area contributed by atoms with Crippen LogP contribution >= 0.6 is 0 Å². The van der Waals surface area contributed by atoms with E-state index in [2.05, 4.69) is 31.3 Å². The maximum Gasteiger partial charge on any atom is 0.231 e. The van der Waals surface area contributed by atoms with Gasteiger partial charge < -0.3 is 19.5 Å². The van der Waals surface area contributed by atoms with Gasteiger partial charge >= 0.3 is 0 Å². The van der Waals surface area contributed by atoms with Gasteiger partial charge in [0, 0.05) is 18.7 Å². The predicted octanol–water partition coefficient (Wildman–Crippen LogP) is 3.41. The summed E-state index contributed by atoms with van der Waals surface area (Å²) in [4.78, 5) is 0. The molecule has 4 nitrogen and oxygen atoms in total. The summed E-state index contributed by atoms with van der Waals surface area (Å²) in [5.74, 6) is 1.71. The third-order valence-electron chi connectivity index (χ3n) is 4.36. The lowest BCUT2D eigenvalue weighted by Crippen LogP contribution is -2.40. The first kappa shape index (κ1) is 14.7. The Bertz CT molecular complexity index is 475. The summed E-state index contributed by atoms with van der Waals surface area (Å²) in [5.41, 5.74) is 1.25. The third-order valence-corrected chi connectivity index (χ3v) is 4.36. The molecule has 116 valence electrons. The van der Waals surface area contributed by atoms with Crippen molar-refractivity contribution < 1.29 is 14.2 Å². The second-order valence-electron chi connectivity index (χ2n) is 6.00. The van der Waals surface area contributed by atoms with Crippen molar-refractivity contribution in [1.29, 1.82) is 0 Å². The van der Waals surface area contributed by atoms with E-state index in [0.29, 0.717) is 25.0 Å². The van der Waals surface area contributed by atoms with Crippen LogP contribution in [0, 0.1) is 0 Å². The molecule has 3 rings (SSSR count). The van der Waals surface area contributed by atoms with Gasteiger partial charge in [0.1, 0.15) is 0 Å². The molecule has 2 aliphatic heterocycles. The van der Waals surface area contributed by atoms with Crippen LogP contribution in [0.15, 0.2) is 18.2 Å². The van der Waals surface area contributed by atoms with Crippen LogP contribution in [0.4, 0.5) is 0 Å². The Labute approximate surface area is 126 Å². The van der Waals surface area contributed by atoms with Crippen molar-refractivity contribution in [3.8, 4) is 11.5 Å². The lowest BCUT2D eigenvalue weighted by Gasteiger charge is -2.32. The molecule has 3 unspecified atom stereocenters. The maximum atomic E-state index is 5.82. The average molecular weight is 291 g/mol. The lowest BCUT2D eigenvalue weighted by atomic mass is 9.98. The zero-order valence-corrected chi connectivity index (χ0v) is 12.9. The maximum absolute atomic E-state index is 5.82. The van der Waals surface area contributed by atoms with Gasteiger partial charge in [0.05, 0.1) is 6.10 Å². The summed E-state index contributed by atoms with van der Waals surface area (Å²) in [6, 6.07) is 7.05. The number of hydrogen-bond donors (Lipinski definition) is 1. The number of ether oxygens (including phenoxy) is 3. The average Bonchev–Trinajstić information content (AvgIpc) is 2.95. The van der Waals surface area contributed by atoms with Gasteiger partial charge in [0.15, 0.2) is 11.5 Å². The van der Waals surface area contributed by atoms with E-state index in [0.717, 1.165) is 37.4 Å². The highest BCUT2D eigenvalue weighted by Gasteiger charge is 2.24. The van der Waals surface area contributed by atoms with Crippen LogP contribution in [0.5, 0.6) is 11.5 Å². The van der Waals surface area contributed by atoms with Gasteiger partial charge in [-0.25, -0.2) is 0 Å². The normalized spacial score (nSPS) is 25.8. The van der Waals surface area contributed by atoms with Gasteiger partial charge in [0.2, 0.25) is 6.79 Å². The monoisotopic (exact) mass is 291 g/mol. The van der Waals surface area contributed by atoms with Crippen molar-refractivity contribution in [2.75, 3.05) is 13.4 Å². The highest BCUT2D eigenvalue weighted by molar-refractivity contribution is 5.45. The molecule has 0 radical (unpaired) electrons. The summed E-state index contributed by atoms with van der Waals surface area (Å²) in [5, 5.41) is 3.74. The summed E-state index contributed by atoms with van der Waals surface area (Å²) < 4.78 is 16.6. The molecule has 21 heavy (non-hydrogen) atoms. The van der Waals surface area contributed by atoms with Crippen molar-refractivity contribution in [2.24, 2.45) is 0 Å². The molecule has 0 amide bonds. The van der Waals surface area contributed by atoms with Crippen LogP contribution < -0.4 is 14.8 Å². The molecule has 0 spiro atoms. The Morgan fingerprint density at radius 2 is 2.14 bits per heavy atom. The molecule has 1 N–H and O–H groups in total. The van der Waals surface area contributed by atoms with Gasteiger partial charge in [-0.2, -0.15) is 0 Å². The molecule has 2 aliphatic rings. The van der Waals surface area contributed by atoms with Crippen LogP contribution in [-0.2, 0) is 4.74 Å². The van der Waals surface area contributed by atoms with E-state index in [9.17, 15) is 0 Å². The van der Waals surface area contributed by atoms with Gasteiger partial charge in [-0.3, -0.25) is 0 Å². The Kier molecular flexibility index (Phi) is 4.66. The highest BCUT2D eigenvalue weighted by atomic mass is 16.7. The second kappa shape index (κ2) is 6.67. The molecular formula is C17H25NO3. The molecule has 0 aromatic heterocycles. The molecule has 2 heterocycles. The summed E-state index contributed by atoms with van der Waals surface area (Å²) in [6.07, 6.45) is 4.98. The number of fused-ring (bicyclic) bond motifs is 1. The van der Waals surface area contributed by atoms with E-state index in [-0.39, 0.29) is 0 Å². The highest BCUT2D eigenvalue weighted by Crippen LogP contribution is 2.34. The van der Waals surface area contributed by atoms with Crippen molar-refractivity contribution in [2.45, 2.75) is 57.7 Å². The van der Waals surface area contributed by atoms with Crippen molar-refractivity contribution in [1.82, 2.24) is 5.32 Å². The first-order valence-electron chi connectivity index (χ1n) is 8.03. The fourth-order valence-corrected chi connectivity index (χ4v) is 3.19. The number of hydrogen-bond acceptors (Lipinski definition) is 4. The molecule has 0 saturated carbocycles. The van der Waals surface area contributed by atoms with E-state index < -0.39 is 0 Å². The first-order chi connectivity index (χ1) is 10.3.